The minimum Gasteiger partial charge on any atom is -0.406 e. The van der Waals surface area contributed by atoms with Gasteiger partial charge in [0, 0.05) is 30.9 Å². The van der Waals surface area contributed by atoms with Crippen LogP contribution in [-0.4, -0.2) is 31.8 Å². The molecule has 2 aromatic rings. The number of hydrogen-bond acceptors (Lipinski definition) is 3. The summed E-state index contributed by atoms with van der Waals surface area (Å²) in [7, 11) is 1.55. The molecule has 0 radical (unpaired) electrons. The Balaban J connectivity index is 1.74. The molecule has 0 saturated heterocycles. The van der Waals surface area contributed by atoms with E-state index in [0.717, 1.165) is 5.56 Å². The van der Waals surface area contributed by atoms with Gasteiger partial charge < -0.3 is 15.0 Å². The van der Waals surface area contributed by atoms with E-state index in [1.807, 2.05) is 0 Å². The van der Waals surface area contributed by atoms with Crippen molar-refractivity contribution >= 4 is 23.6 Å². The first-order valence-corrected chi connectivity index (χ1v) is 8.97. The number of nitrogens with zero attached hydrogens (tertiary/aromatic N) is 1. The van der Waals surface area contributed by atoms with Crippen molar-refractivity contribution in [3.05, 3.63) is 65.2 Å². The van der Waals surface area contributed by atoms with E-state index in [4.69, 9.17) is 0 Å². The summed E-state index contributed by atoms with van der Waals surface area (Å²) in [6.45, 7) is 0.477. The van der Waals surface area contributed by atoms with Crippen molar-refractivity contribution in [2.45, 2.75) is 19.2 Å². The second kappa shape index (κ2) is 8.38. The molecule has 1 heterocycles. The molecule has 5 nitrogen and oxygen atoms in total. The Morgan fingerprint density at radius 3 is 2.52 bits per heavy atom. The minimum atomic E-state index is -4.76. The van der Waals surface area contributed by atoms with Crippen molar-refractivity contribution in [1.29, 1.82) is 0 Å². The van der Waals surface area contributed by atoms with Crippen LogP contribution in [0.25, 0.3) is 6.08 Å². The largest absolute Gasteiger partial charge is 0.573 e. The van der Waals surface area contributed by atoms with Crippen LogP contribution in [0.5, 0.6) is 5.75 Å². The summed E-state index contributed by atoms with van der Waals surface area (Å²) in [5, 5.41) is 2.53. The van der Waals surface area contributed by atoms with Crippen LogP contribution in [0, 0.1) is 0 Å². The molecule has 0 fully saturated rings. The third kappa shape index (κ3) is 5.16. The highest BCUT2D eigenvalue weighted by Gasteiger charge is 2.32. The smallest absolute Gasteiger partial charge is 0.406 e. The number of anilines is 1. The molecule has 0 aliphatic carbocycles. The Morgan fingerprint density at radius 1 is 1.14 bits per heavy atom. The van der Waals surface area contributed by atoms with Crippen molar-refractivity contribution in [3.8, 4) is 5.75 Å². The van der Waals surface area contributed by atoms with Crippen LogP contribution >= 0.6 is 0 Å². The van der Waals surface area contributed by atoms with Crippen LogP contribution in [0.2, 0.25) is 0 Å². The molecule has 0 unspecified atom stereocenters. The molecule has 1 aliphatic heterocycles. The summed E-state index contributed by atoms with van der Waals surface area (Å²) in [5.74, 6) is -0.765. The van der Waals surface area contributed by atoms with Gasteiger partial charge in [0.25, 0.3) is 11.8 Å². The van der Waals surface area contributed by atoms with Gasteiger partial charge in [0.15, 0.2) is 0 Å². The van der Waals surface area contributed by atoms with E-state index in [1.165, 1.54) is 29.2 Å². The molecule has 8 heteroatoms. The number of halogens is 3. The Hall–Kier alpha value is -3.29. The Morgan fingerprint density at radius 2 is 1.86 bits per heavy atom. The first kappa shape index (κ1) is 20.4. The molecule has 1 N–H and O–H groups in total. The van der Waals surface area contributed by atoms with Gasteiger partial charge in [-0.05, 0) is 60.4 Å². The monoisotopic (exact) mass is 404 g/mol. The number of nitrogens with one attached hydrogen (secondary N) is 1. The fourth-order valence-corrected chi connectivity index (χ4v) is 3.15. The van der Waals surface area contributed by atoms with Gasteiger partial charge in [-0.15, -0.1) is 13.2 Å². The number of benzene rings is 2. The zero-order valence-electron chi connectivity index (χ0n) is 15.6. The number of rotatable bonds is 4. The van der Waals surface area contributed by atoms with E-state index in [2.05, 4.69) is 10.1 Å². The van der Waals surface area contributed by atoms with Gasteiger partial charge in [0.2, 0.25) is 0 Å². The van der Waals surface area contributed by atoms with Crippen LogP contribution in [0.3, 0.4) is 0 Å². The molecule has 29 heavy (non-hydrogen) atoms. The minimum absolute atomic E-state index is 0.199. The Bertz CT molecular complexity index is 937. The molecule has 0 aromatic heterocycles. The highest BCUT2D eigenvalue weighted by atomic mass is 19.4. The van der Waals surface area contributed by atoms with Crippen LogP contribution in [0.1, 0.15) is 27.9 Å². The van der Waals surface area contributed by atoms with Gasteiger partial charge in [0.1, 0.15) is 5.75 Å². The second-order valence-corrected chi connectivity index (χ2v) is 6.47. The molecule has 3 rings (SSSR count). The first-order chi connectivity index (χ1) is 13.8. The predicted molar refractivity (Wildman–Crippen MR) is 103 cm³/mol. The van der Waals surface area contributed by atoms with Crippen molar-refractivity contribution in [2.75, 3.05) is 18.5 Å². The molecule has 1 aliphatic rings. The molecular weight excluding hydrogens is 385 g/mol. The number of hydrogen-bond donors (Lipinski definition) is 1. The highest BCUT2D eigenvalue weighted by molar-refractivity contribution is 6.04. The maximum atomic E-state index is 12.6. The summed E-state index contributed by atoms with van der Waals surface area (Å²) in [5.41, 5.74) is 2.47. The number of carbonyl (C=O) groups is 2. The van der Waals surface area contributed by atoms with Gasteiger partial charge >= 0.3 is 6.36 Å². The zero-order valence-corrected chi connectivity index (χ0v) is 15.6. The third-order valence-corrected chi connectivity index (χ3v) is 4.49. The van der Waals surface area contributed by atoms with Gasteiger partial charge in [-0.1, -0.05) is 12.1 Å². The van der Waals surface area contributed by atoms with Crippen molar-refractivity contribution in [3.63, 3.8) is 0 Å². The van der Waals surface area contributed by atoms with Gasteiger partial charge in [-0.2, -0.15) is 0 Å². The highest BCUT2D eigenvalue weighted by Crippen LogP contribution is 2.33. The maximum Gasteiger partial charge on any atom is 0.573 e. The molecule has 0 atom stereocenters. The van der Waals surface area contributed by atoms with Crippen LogP contribution in [0.4, 0.5) is 18.9 Å². The number of amides is 2. The van der Waals surface area contributed by atoms with Crippen molar-refractivity contribution in [2.24, 2.45) is 0 Å². The number of alkyl halides is 3. The summed E-state index contributed by atoms with van der Waals surface area (Å²) in [6.07, 6.45) is -0.508. The zero-order chi connectivity index (χ0) is 21.0. The Labute approximate surface area is 165 Å². The van der Waals surface area contributed by atoms with E-state index in [1.54, 1.807) is 37.4 Å². The van der Waals surface area contributed by atoms with E-state index in [9.17, 15) is 22.8 Å². The fraction of sp³-hybridized carbons (Fsp3) is 0.238. The fourth-order valence-electron chi connectivity index (χ4n) is 3.15. The molecular formula is C21H19F3N2O3. The van der Waals surface area contributed by atoms with Crippen LogP contribution in [-0.2, 0) is 11.2 Å². The molecule has 0 spiro atoms. The SMILES string of the molecule is CNC(=O)c1ccc(/C=C/C(=O)N2CCCc3cc(OC(F)(F)F)ccc32)cc1. The van der Waals surface area contributed by atoms with E-state index in [0.29, 0.717) is 36.2 Å². The number of ether oxygens (including phenoxy) is 1. The number of fused-ring (bicyclic) bond motifs is 1. The van der Waals surface area contributed by atoms with Gasteiger partial charge in [-0.3, -0.25) is 9.59 Å². The number of aryl methyl sites for hydroxylation is 1. The topological polar surface area (TPSA) is 58.6 Å². The van der Waals surface area contributed by atoms with Crippen LogP contribution < -0.4 is 15.0 Å². The maximum absolute atomic E-state index is 12.6. The standard InChI is InChI=1S/C21H19F3N2O3/c1-25-20(28)15-7-4-14(5-8-15)6-11-19(27)26-12-2-3-16-13-17(9-10-18(16)26)29-21(22,23)24/h4-11,13H,2-3,12H2,1H3,(H,25,28)/b11-6+. The first-order valence-electron chi connectivity index (χ1n) is 8.97. The Kier molecular flexibility index (Phi) is 5.91. The van der Waals surface area contributed by atoms with E-state index < -0.39 is 6.36 Å². The molecule has 0 saturated carbocycles. The quantitative estimate of drug-likeness (QED) is 0.786. The van der Waals surface area contributed by atoms with E-state index in [-0.39, 0.29) is 17.6 Å². The average molecular weight is 404 g/mol. The van der Waals surface area contributed by atoms with Crippen LogP contribution in [0.15, 0.2) is 48.5 Å². The summed E-state index contributed by atoms with van der Waals surface area (Å²) < 4.78 is 41.2. The summed E-state index contributed by atoms with van der Waals surface area (Å²) in [4.78, 5) is 25.7. The lowest BCUT2D eigenvalue weighted by molar-refractivity contribution is -0.274. The lowest BCUT2D eigenvalue weighted by Gasteiger charge is -2.29. The van der Waals surface area contributed by atoms with E-state index >= 15 is 0 Å². The molecule has 0 bridgehead atoms. The predicted octanol–water partition coefficient (Wildman–Crippen LogP) is 3.94. The molecule has 152 valence electrons. The van der Waals surface area contributed by atoms with Crippen molar-refractivity contribution in [1.82, 2.24) is 5.32 Å². The molecule has 2 aromatic carbocycles. The van der Waals surface area contributed by atoms with Gasteiger partial charge in [0.05, 0.1) is 0 Å². The lowest BCUT2D eigenvalue weighted by Crippen LogP contribution is -2.34. The normalized spacial score (nSPS) is 13.9. The second-order valence-electron chi connectivity index (χ2n) is 6.47. The van der Waals surface area contributed by atoms with Gasteiger partial charge in [-0.25, -0.2) is 0 Å². The summed E-state index contributed by atoms with van der Waals surface area (Å²) >= 11 is 0. The molecule has 2 amide bonds. The average Bonchev–Trinajstić information content (AvgIpc) is 2.70. The summed E-state index contributed by atoms with van der Waals surface area (Å²) in [6, 6.07) is 10.8. The lowest BCUT2D eigenvalue weighted by atomic mass is 10.0. The number of carbonyl (C=O) groups excluding carboxylic acids is 2. The third-order valence-electron chi connectivity index (χ3n) is 4.49. The van der Waals surface area contributed by atoms with Crippen molar-refractivity contribution < 1.29 is 27.5 Å².